The van der Waals surface area contributed by atoms with Crippen molar-refractivity contribution in [2.75, 3.05) is 18.8 Å². The van der Waals surface area contributed by atoms with E-state index in [1.165, 1.54) is 16.7 Å². The van der Waals surface area contributed by atoms with Crippen molar-refractivity contribution in [2.24, 2.45) is 5.92 Å². The number of benzene rings is 1. The van der Waals surface area contributed by atoms with Crippen LogP contribution >= 0.6 is 11.8 Å². The Kier molecular flexibility index (Phi) is 6.55. The predicted octanol–water partition coefficient (Wildman–Crippen LogP) is 2.08. The number of likely N-dealkylation sites (tertiary alicyclic amines) is 1. The number of rotatable bonds is 7. The van der Waals surface area contributed by atoms with Crippen LogP contribution in [-0.2, 0) is 22.6 Å². The summed E-state index contributed by atoms with van der Waals surface area (Å²) < 4.78 is 5.66. The summed E-state index contributed by atoms with van der Waals surface area (Å²) in [5.41, 5.74) is 0.874. The van der Waals surface area contributed by atoms with Crippen LogP contribution in [0, 0.1) is 5.92 Å². The van der Waals surface area contributed by atoms with Gasteiger partial charge in [-0.2, -0.15) is 0 Å². The number of carbonyl (C=O) groups is 3. The van der Waals surface area contributed by atoms with E-state index >= 15 is 0 Å². The highest BCUT2D eigenvalue weighted by Gasteiger charge is 2.39. The molecule has 2 aromatic rings. The molecule has 0 saturated carbocycles. The molecule has 1 N–H and O–H groups in total. The summed E-state index contributed by atoms with van der Waals surface area (Å²) in [6.45, 7) is 3.61. The van der Waals surface area contributed by atoms with Gasteiger partial charge in [0, 0.05) is 25.6 Å². The number of urea groups is 1. The van der Waals surface area contributed by atoms with E-state index in [0.29, 0.717) is 11.1 Å². The molecule has 2 fully saturated rings. The van der Waals surface area contributed by atoms with Crippen molar-refractivity contribution < 1.29 is 18.8 Å². The summed E-state index contributed by atoms with van der Waals surface area (Å²) in [5.74, 6) is -0.140. The second kappa shape index (κ2) is 9.51. The lowest BCUT2D eigenvalue weighted by Crippen LogP contribution is -2.59. The van der Waals surface area contributed by atoms with Crippen LogP contribution in [0.25, 0.3) is 0 Å². The maximum atomic E-state index is 13.0. The van der Waals surface area contributed by atoms with Crippen LogP contribution in [-0.4, -0.2) is 62.7 Å². The zero-order chi connectivity index (χ0) is 21.8. The normalized spacial score (nSPS) is 21.5. The lowest BCUT2D eigenvalue weighted by Gasteiger charge is -2.35. The first-order chi connectivity index (χ1) is 15.0. The number of aromatic nitrogens is 2. The molecule has 2 unspecified atom stereocenters. The molecule has 9 nitrogen and oxygen atoms in total. The Morgan fingerprint density at radius 2 is 1.94 bits per heavy atom. The van der Waals surface area contributed by atoms with Gasteiger partial charge in [0.15, 0.2) is 0 Å². The fourth-order valence-corrected chi connectivity index (χ4v) is 4.50. The number of nitrogens with one attached hydrogen (secondary N) is 1. The van der Waals surface area contributed by atoms with Gasteiger partial charge in [0.25, 0.3) is 5.22 Å². The van der Waals surface area contributed by atoms with E-state index in [-0.39, 0.29) is 36.6 Å². The molecule has 0 radical (unpaired) electrons. The number of nitrogens with zero attached hydrogens (tertiary/aromatic N) is 4. The van der Waals surface area contributed by atoms with Crippen LogP contribution in [0.4, 0.5) is 4.79 Å². The van der Waals surface area contributed by atoms with Crippen molar-refractivity contribution in [1.29, 1.82) is 0 Å². The summed E-state index contributed by atoms with van der Waals surface area (Å²) in [6, 6.07) is 8.61. The van der Waals surface area contributed by atoms with Crippen molar-refractivity contribution in [3.05, 3.63) is 41.8 Å². The Labute approximate surface area is 184 Å². The molecule has 2 atom stereocenters. The minimum atomic E-state index is -0.508. The molecule has 0 aliphatic carbocycles. The summed E-state index contributed by atoms with van der Waals surface area (Å²) in [6.07, 6.45) is 2.32. The molecular weight excluding hydrogens is 418 g/mol. The Balaban J connectivity index is 1.37. The van der Waals surface area contributed by atoms with E-state index in [9.17, 15) is 14.4 Å². The molecule has 10 heteroatoms. The Hall–Kier alpha value is -2.88. The molecular formula is C21H25N5O4S. The van der Waals surface area contributed by atoms with Crippen LogP contribution in [0.2, 0.25) is 0 Å². The second-order valence-electron chi connectivity index (χ2n) is 7.80. The fraction of sp³-hybridized carbons (Fsp3) is 0.476. The van der Waals surface area contributed by atoms with Gasteiger partial charge >= 0.3 is 6.03 Å². The van der Waals surface area contributed by atoms with Crippen molar-refractivity contribution in [1.82, 2.24) is 25.3 Å². The standard InChI is InChI=1S/C21H25N5O4S/c1-14-16(19(28)26(20(29)22-14)12-15-7-3-2-4-8-15)11-17-23-24-21(30-17)31-13-18(27)25-9-5-6-10-25/h2-4,7-8,14,16H,5-6,9-13H2,1H3,(H,22,29). The van der Waals surface area contributed by atoms with E-state index < -0.39 is 11.9 Å². The topological polar surface area (TPSA) is 109 Å². The second-order valence-corrected chi connectivity index (χ2v) is 8.72. The van der Waals surface area contributed by atoms with Crippen LogP contribution in [0.1, 0.15) is 31.2 Å². The molecule has 4 rings (SSSR count). The van der Waals surface area contributed by atoms with Crippen molar-refractivity contribution in [3.8, 4) is 0 Å². The average Bonchev–Trinajstić information content (AvgIpc) is 3.45. The fourth-order valence-electron chi connectivity index (χ4n) is 3.82. The van der Waals surface area contributed by atoms with Gasteiger partial charge in [-0.3, -0.25) is 14.5 Å². The highest BCUT2D eigenvalue weighted by molar-refractivity contribution is 7.99. The zero-order valence-electron chi connectivity index (χ0n) is 17.3. The third kappa shape index (κ3) is 5.07. The number of thioether (sulfide) groups is 1. The molecule has 2 aliphatic rings. The average molecular weight is 444 g/mol. The Morgan fingerprint density at radius 3 is 2.68 bits per heavy atom. The van der Waals surface area contributed by atoms with Crippen LogP contribution in [0.15, 0.2) is 40.0 Å². The van der Waals surface area contributed by atoms with Gasteiger partial charge in [-0.25, -0.2) is 4.79 Å². The molecule has 0 bridgehead atoms. The maximum absolute atomic E-state index is 13.0. The number of imide groups is 1. The summed E-state index contributed by atoms with van der Waals surface area (Å²) in [5, 5.41) is 11.2. The molecule has 0 spiro atoms. The van der Waals surface area contributed by atoms with Crippen LogP contribution in [0.5, 0.6) is 0 Å². The highest BCUT2D eigenvalue weighted by atomic mass is 32.2. The van der Waals surface area contributed by atoms with Gasteiger partial charge < -0.3 is 14.6 Å². The third-order valence-electron chi connectivity index (χ3n) is 5.59. The lowest BCUT2D eigenvalue weighted by molar-refractivity contribution is -0.135. The first-order valence-corrected chi connectivity index (χ1v) is 11.4. The molecule has 31 heavy (non-hydrogen) atoms. The number of hydrogen-bond donors (Lipinski definition) is 1. The van der Waals surface area contributed by atoms with E-state index in [0.717, 1.165) is 31.5 Å². The minimum Gasteiger partial charge on any atom is -0.416 e. The van der Waals surface area contributed by atoms with Gasteiger partial charge in [0.1, 0.15) is 0 Å². The van der Waals surface area contributed by atoms with Crippen LogP contribution in [0.3, 0.4) is 0 Å². The van der Waals surface area contributed by atoms with E-state index in [1.54, 1.807) is 6.92 Å². The number of carbonyl (C=O) groups excluding carboxylic acids is 3. The predicted molar refractivity (Wildman–Crippen MR) is 113 cm³/mol. The quantitative estimate of drug-likeness (QED) is 0.653. The molecule has 1 aromatic carbocycles. The Bertz CT molecular complexity index is 944. The van der Waals surface area contributed by atoms with Gasteiger partial charge in [-0.1, -0.05) is 42.1 Å². The monoisotopic (exact) mass is 443 g/mol. The van der Waals surface area contributed by atoms with Gasteiger partial charge in [-0.05, 0) is 25.3 Å². The SMILES string of the molecule is CC1NC(=O)N(Cc2ccccc2)C(=O)C1Cc1nnc(SCC(=O)N2CCCC2)o1. The number of hydrogen-bond acceptors (Lipinski definition) is 7. The van der Waals surface area contributed by atoms with E-state index in [4.69, 9.17) is 4.42 Å². The van der Waals surface area contributed by atoms with Crippen molar-refractivity contribution >= 4 is 29.6 Å². The zero-order valence-corrected chi connectivity index (χ0v) is 18.1. The summed E-state index contributed by atoms with van der Waals surface area (Å²) in [4.78, 5) is 40.7. The smallest absolute Gasteiger partial charge is 0.324 e. The van der Waals surface area contributed by atoms with E-state index in [2.05, 4.69) is 15.5 Å². The lowest BCUT2D eigenvalue weighted by atomic mass is 9.93. The highest BCUT2D eigenvalue weighted by Crippen LogP contribution is 2.24. The van der Waals surface area contributed by atoms with E-state index in [1.807, 2.05) is 35.2 Å². The molecule has 164 valence electrons. The third-order valence-corrected chi connectivity index (χ3v) is 6.39. The van der Waals surface area contributed by atoms with Crippen molar-refractivity contribution in [2.45, 2.75) is 44.0 Å². The molecule has 3 heterocycles. The summed E-state index contributed by atoms with van der Waals surface area (Å²) in [7, 11) is 0. The Morgan fingerprint density at radius 1 is 1.19 bits per heavy atom. The molecule has 2 saturated heterocycles. The summed E-state index contributed by atoms with van der Waals surface area (Å²) >= 11 is 1.21. The first kappa shape index (κ1) is 21.4. The van der Waals surface area contributed by atoms with Gasteiger partial charge in [-0.15, -0.1) is 10.2 Å². The number of amides is 4. The first-order valence-electron chi connectivity index (χ1n) is 10.4. The minimum absolute atomic E-state index is 0.0672. The molecule has 1 aromatic heterocycles. The maximum Gasteiger partial charge on any atom is 0.324 e. The molecule has 2 aliphatic heterocycles. The van der Waals surface area contributed by atoms with Gasteiger partial charge in [0.2, 0.25) is 17.7 Å². The van der Waals surface area contributed by atoms with Crippen LogP contribution < -0.4 is 5.32 Å². The largest absolute Gasteiger partial charge is 0.416 e. The molecule has 4 amide bonds. The van der Waals surface area contributed by atoms with Gasteiger partial charge in [0.05, 0.1) is 18.2 Å². The van der Waals surface area contributed by atoms with Crippen molar-refractivity contribution in [3.63, 3.8) is 0 Å².